The number of anilines is 1. The lowest BCUT2D eigenvalue weighted by Crippen LogP contribution is -2.45. The molecule has 0 bridgehead atoms. The third-order valence-corrected chi connectivity index (χ3v) is 4.07. The molecule has 1 saturated heterocycles. The van der Waals surface area contributed by atoms with Crippen molar-refractivity contribution < 1.29 is 0 Å². The summed E-state index contributed by atoms with van der Waals surface area (Å²) in [6, 6.07) is 2.65. The molecule has 106 valence electrons. The highest BCUT2D eigenvalue weighted by Crippen LogP contribution is 2.24. The molecule has 1 aliphatic rings. The van der Waals surface area contributed by atoms with Gasteiger partial charge in [0.2, 0.25) is 0 Å². The molecular formula is C14H23BrN4. The second-order valence-electron chi connectivity index (χ2n) is 5.77. The van der Waals surface area contributed by atoms with Crippen molar-refractivity contribution >= 4 is 21.7 Å². The van der Waals surface area contributed by atoms with Crippen molar-refractivity contribution in [2.75, 3.05) is 32.1 Å². The molecule has 2 rings (SSSR count). The predicted octanol–water partition coefficient (Wildman–Crippen LogP) is 2.89. The largest absolute Gasteiger partial charge is 0.355 e. The molecule has 0 aliphatic carbocycles. The van der Waals surface area contributed by atoms with Crippen LogP contribution in [0.4, 0.5) is 5.82 Å². The van der Waals surface area contributed by atoms with Crippen LogP contribution in [0.2, 0.25) is 0 Å². The Morgan fingerprint density at radius 3 is 2.74 bits per heavy atom. The lowest BCUT2D eigenvalue weighted by atomic mass is 10.1. The number of rotatable bonds is 3. The van der Waals surface area contributed by atoms with Gasteiger partial charge in [0.25, 0.3) is 0 Å². The van der Waals surface area contributed by atoms with Crippen LogP contribution in [-0.4, -0.2) is 48.1 Å². The molecule has 5 heteroatoms. The maximum atomic E-state index is 4.72. The third kappa shape index (κ3) is 3.66. The molecule has 1 unspecified atom stereocenters. The topological polar surface area (TPSA) is 32.3 Å². The van der Waals surface area contributed by atoms with Crippen LogP contribution in [0.1, 0.15) is 38.4 Å². The number of hydrogen-bond acceptors (Lipinski definition) is 4. The van der Waals surface area contributed by atoms with E-state index in [-0.39, 0.29) is 0 Å². The van der Waals surface area contributed by atoms with E-state index in [9.17, 15) is 0 Å². The van der Waals surface area contributed by atoms with Crippen LogP contribution in [0.25, 0.3) is 0 Å². The van der Waals surface area contributed by atoms with Gasteiger partial charge in [-0.05, 0) is 42.9 Å². The second-order valence-corrected chi connectivity index (χ2v) is 6.58. The minimum absolute atomic E-state index is 0.352. The van der Waals surface area contributed by atoms with Crippen LogP contribution in [-0.2, 0) is 0 Å². The number of piperidine rings is 1. The molecule has 1 atom stereocenters. The molecule has 1 aromatic rings. The fraction of sp³-hybridized carbons (Fsp3) is 0.714. The van der Waals surface area contributed by atoms with Gasteiger partial charge < -0.3 is 9.80 Å². The van der Waals surface area contributed by atoms with Gasteiger partial charge in [0, 0.05) is 31.1 Å². The summed E-state index contributed by atoms with van der Waals surface area (Å²) in [6.45, 7) is 6.40. The Bertz CT molecular complexity index is 433. The van der Waals surface area contributed by atoms with Gasteiger partial charge in [-0.2, -0.15) is 0 Å². The zero-order chi connectivity index (χ0) is 14.0. The predicted molar refractivity (Wildman–Crippen MR) is 82.7 cm³/mol. The Kier molecular flexibility index (Phi) is 4.79. The van der Waals surface area contributed by atoms with Gasteiger partial charge in [-0.1, -0.05) is 13.8 Å². The molecule has 19 heavy (non-hydrogen) atoms. The van der Waals surface area contributed by atoms with Crippen LogP contribution >= 0.6 is 15.9 Å². The first-order valence-corrected chi connectivity index (χ1v) is 7.72. The van der Waals surface area contributed by atoms with Crippen molar-refractivity contribution in [3.63, 3.8) is 0 Å². The van der Waals surface area contributed by atoms with Crippen LogP contribution < -0.4 is 4.90 Å². The summed E-state index contributed by atoms with van der Waals surface area (Å²) in [4.78, 5) is 13.9. The molecule has 0 saturated carbocycles. The van der Waals surface area contributed by atoms with Crippen molar-refractivity contribution in [3.05, 3.63) is 16.5 Å². The van der Waals surface area contributed by atoms with E-state index in [1.165, 1.54) is 12.8 Å². The fourth-order valence-electron chi connectivity index (χ4n) is 2.43. The number of hydrogen-bond donors (Lipinski definition) is 0. The van der Waals surface area contributed by atoms with Gasteiger partial charge in [-0.25, -0.2) is 9.97 Å². The molecule has 1 fully saturated rings. The number of halogens is 1. The number of likely N-dealkylation sites (N-methyl/N-ethyl adjacent to an activating group) is 1. The summed E-state index contributed by atoms with van der Waals surface area (Å²) in [5.41, 5.74) is 0. The van der Waals surface area contributed by atoms with Gasteiger partial charge in [-0.15, -0.1) is 0 Å². The van der Waals surface area contributed by atoms with Crippen molar-refractivity contribution in [1.29, 1.82) is 0 Å². The summed E-state index contributed by atoms with van der Waals surface area (Å²) in [6.07, 6.45) is 2.49. The average Bonchev–Trinajstić information content (AvgIpc) is 2.38. The van der Waals surface area contributed by atoms with Gasteiger partial charge in [0.05, 0.1) is 0 Å². The van der Waals surface area contributed by atoms with E-state index in [1.54, 1.807) is 0 Å². The monoisotopic (exact) mass is 326 g/mol. The molecule has 0 N–H and O–H groups in total. The Morgan fingerprint density at radius 1 is 1.37 bits per heavy atom. The first-order chi connectivity index (χ1) is 8.97. The maximum absolute atomic E-state index is 4.72. The highest BCUT2D eigenvalue weighted by molar-refractivity contribution is 9.10. The standard InChI is InChI=1S/C14H23BrN4/c1-10(2)14-16-12(15)8-13(17-14)19-7-5-6-11(9-19)18(3)4/h8,10-11H,5-7,9H2,1-4H3. The number of nitrogens with zero attached hydrogens (tertiary/aromatic N) is 4. The minimum atomic E-state index is 0.352. The summed E-state index contributed by atoms with van der Waals surface area (Å²) in [5.74, 6) is 2.32. The molecule has 0 radical (unpaired) electrons. The van der Waals surface area contributed by atoms with E-state index >= 15 is 0 Å². The maximum Gasteiger partial charge on any atom is 0.134 e. The summed E-state index contributed by atoms with van der Waals surface area (Å²) < 4.78 is 0.883. The van der Waals surface area contributed by atoms with Crippen LogP contribution in [0.5, 0.6) is 0 Å². The van der Waals surface area contributed by atoms with Crippen molar-refractivity contribution in [1.82, 2.24) is 14.9 Å². The minimum Gasteiger partial charge on any atom is -0.355 e. The molecule has 1 aromatic heterocycles. The van der Waals surface area contributed by atoms with E-state index in [4.69, 9.17) is 4.98 Å². The third-order valence-electron chi connectivity index (χ3n) is 3.67. The van der Waals surface area contributed by atoms with Gasteiger partial charge in [0.15, 0.2) is 0 Å². The van der Waals surface area contributed by atoms with Crippen LogP contribution in [0, 0.1) is 0 Å². The fourth-order valence-corrected chi connectivity index (χ4v) is 2.81. The van der Waals surface area contributed by atoms with Crippen molar-refractivity contribution in [2.24, 2.45) is 0 Å². The normalized spacial score (nSPS) is 20.4. The smallest absolute Gasteiger partial charge is 0.134 e. The van der Waals surface area contributed by atoms with Gasteiger partial charge in [0.1, 0.15) is 16.2 Å². The second kappa shape index (κ2) is 6.18. The molecular weight excluding hydrogens is 304 g/mol. The van der Waals surface area contributed by atoms with E-state index in [0.29, 0.717) is 12.0 Å². The average molecular weight is 327 g/mol. The van der Waals surface area contributed by atoms with Crippen LogP contribution in [0.15, 0.2) is 10.7 Å². The lowest BCUT2D eigenvalue weighted by molar-refractivity contribution is 0.257. The molecule has 2 heterocycles. The van der Waals surface area contributed by atoms with Gasteiger partial charge in [-0.3, -0.25) is 0 Å². The van der Waals surface area contributed by atoms with E-state index in [0.717, 1.165) is 29.3 Å². The Balaban J connectivity index is 2.21. The SMILES string of the molecule is CC(C)c1nc(Br)cc(N2CCCC(N(C)C)C2)n1. The number of aromatic nitrogens is 2. The quantitative estimate of drug-likeness (QED) is 0.799. The summed E-state index contributed by atoms with van der Waals surface area (Å²) in [5, 5.41) is 0. The van der Waals surface area contributed by atoms with E-state index < -0.39 is 0 Å². The Labute approximate surface area is 124 Å². The van der Waals surface area contributed by atoms with E-state index in [1.807, 2.05) is 6.07 Å². The summed E-state index contributed by atoms with van der Waals surface area (Å²) >= 11 is 3.50. The Morgan fingerprint density at radius 2 is 2.11 bits per heavy atom. The molecule has 0 spiro atoms. The van der Waals surface area contributed by atoms with Gasteiger partial charge >= 0.3 is 0 Å². The Hall–Kier alpha value is -0.680. The first kappa shape index (κ1) is 14.7. The zero-order valence-electron chi connectivity index (χ0n) is 12.2. The van der Waals surface area contributed by atoms with Crippen molar-refractivity contribution in [3.8, 4) is 0 Å². The first-order valence-electron chi connectivity index (χ1n) is 6.93. The summed E-state index contributed by atoms with van der Waals surface area (Å²) in [7, 11) is 4.31. The molecule has 0 aromatic carbocycles. The highest BCUT2D eigenvalue weighted by atomic mass is 79.9. The zero-order valence-corrected chi connectivity index (χ0v) is 13.8. The van der Waals surface area contributed by atoms with Crippen LogP contribution in [0.3, 0.4) is 0 Å². The molecule has 4 nitrogen and oxygen atoms in total. The van der Waals surface area contributed by atoms with E-state index in [2.05, 4.69) is 58.7 Å². The van der Waals surface area contributed by atoms with Crippen molar-refractivity contribution in [2.45, 2.75) is 38.6 Å². The lowest BCUT2D eigenvalue weighted by Gasteiger charge is -2.37. The highest BCUT2D eigenvalue weighted by Gasteiger charge is 2.23. The molecule has 1 aliphatic heterocycles. The molecule has 0 amide bonds.